The molecule has 0 heterocycles. The second-order valence-corrected chi connectivity index (χ2v) is 6.50. The molecule has 0 aromatic heterocycles. The first kappa shape index (κ1) is 16.4. The fourth-order valence-corrected chi connectivity index (χ4v) is 3.14. The molecular formula is C15H30N2O2. The summed E-state index contributed by atoms with van der Waals surface area (Å²) in [7, 11) is 2.07. The summed E-state index contributed by atoms with van der Waals surface area (Å²) in [4.78, 5) is 13.8. The van der Waals surface area contributed by atoms with Crippen molar-refractivity contribution < 1.29 is 9.90 Å². The molecule has 4 nitrogen and oxygen atoms in total. The Kier molecular flexibility index (Phi) is 6.27. The van der Waals surface area contributed by atoms with E-state index in [1.54, 1.807) is 6.92 Å². The maximum Gasteiger partial charge on any atom is 0.324 e. The van der Waals surface area contributed by atoms with E-state index in [4.69, 9.17) is 0 Å². The Labute approximate surface area is 117 Å². The Morgan fingerprint density at radius 2 is 1.84 bits per heavy atom. The molecule has 4 heteroatoms. The highest BCUT2D eigenvalue weighted by atomic mass is 16.4. The summed E-state index contributed by atoms with van der Waals surface area (Å²) in [5, 5.41) is 12.7. The third-order valence-electron chi connectivity index (χ3n) is 4.09. The highest BCUT2D eigenvalue weighted by molar-refractivity contribution is 5.78. The molecule has 1 atom stereocenters. The molecule has 112 valence electrons. The van der Waals surface area contributed by atoms with Crippen LogP contribution in [-0.2, 0) is 4.79 Å². The Bertz CT molecular complexity index is 286. The average Bonchev–Trinajstić information content (AvgIpc) is 2.55. The first-order valence-electron chi connectivity index (χ1n) is 7.56. The Morgan fingerprint density at radius 1 is 1.32 bits per heavy atom. The lowest BCUT2D eigenvalue weighted by molar-refractivity contribution is -0.145. The zero-order valence-corrected chi connectivity index (χ0v) is 12.9. The summed E-state index contributed by atoms with van der Waals surface area (Å²) >= 11 is 0. The van der Waals surface area contributed by atoms with E-state index in [2.05, 4.69) is 17.3 Å². The summed E-state index contributed by atoms with van der Waals surface area (Å²) in [6.07, 6.45) is 7.60. The van der Waals surface area contributed by atoms with Crippen molar-refractivity contribution in [1.82, 2.24) is 10.2 Å². The summed E-state index contributed by atoms with van der Waals surface area (Å²) in [6, 6.07) is 0.707. The zero-order valence-electron chi connectivity index (χ0n) is 12.9. The maximum absolute atomic E-state index is 11.6. The van der Waals surface area contributed by atoms with Gasteiger partial charge in [0, 0.05) is 18.6 Å². The van der Waals surface area contributed by atoms with E-state index in [-0.39, 0.29) is 6.04 Å². The van der Waals surface area contributed by atoms with Gasteiger partial charge in [-0.15, -0.1) is 0 Å². The Hall–Kier alpha value is -0.610. The van der Waals surface area contributed by atoms with E-state index < -0.39 is 11.5 Å². The smallest absolute Gasteiger partial charge is 0.324 e. The maximum atomic E-state index is 11.6. The largest absolute Gasteiger partial charge is 0.480 e. The van der Waals surface area contributed by atoms with Crippen molar-refractivity contribution in [3.8, 4) is 0 Å². The van der Waals surface area contributed by atoms with Crippen molar-refractivity contribution in [2.24, 2.45) is 0 Å². The molecule has 0 spiro atoms. The molecule has 0 aromatic carbocycles. The van der Waals surface area contributed by atoms with Gasteiger partial charge in [-0.2, -0.15) is 0 Å². The van der Waals surface area contributed by atoms with Crippen LogP contribution in [0.3, 0.4) is 0 Å². The second kappa shape index (κ2) is 7.25. The third kappa shape index (κ3) is 5.11. The molecule has 0 amide bonds. The van der Waals surface area contributed by atoms with Gasteiger partial charge < -0.3 is 10.0 Å². The van der Waals surface area contributed by atoms with Gasteiger partial charge in [0.25, 0.3) is 0 Å². The van der Waals surface area contributed by atoms with Crippen LogP contribution in [0.15, 0.2) is 0 Å². The van der Waals surface area contributed by atoms with Gasteiger partial charge in [0.15, 0.2) is 0 Å². The van der Waals surface area contributed by atoms with E-state index >= 15 is 0 Å². The summed E-state index contributed by atoms with van der Waals surface area (Å²) in [6.45, 7) is 6.34. The van der Waals surface area contributed by atoms with Crippen LogP contribution in [0.2, 0.25) is 0 Å². The monoisotopic (exact) mass is 270 g/mol. The highest BCUT2D eigenvalue weighted by Crippen LogP contribution is 2.22. The van der Waals surface area contributed by atoms with Crippen LogP contribution >= 0.6 is 0 Å². The molecule has 1 rings (SSSR count). The molecule has 1 unspecified atom stereocenters. The minimum absolute atomic E-state index is 0.170. The molecule has 1 saturated carbocycles. The first-order valence-corrected chi connectivity index (χ1v) is 7.56. The standard InChI is InChI=1S/C15H30N2O2/c1-12(2)16-15(3,14(18)19)11-17(4)13-9-7-5-6-8-10-13/h12-13,16H,5-11H2,1-4H3,(H,18,19). The van der Waals surface area contributed by atoms with Crippen LogP contribution in [0.25, 0.3) is 0 Å². The van der Waals surface area contributed by atoms with Gasteiger partial charge in [-0.25, -0.2) is 0 Å². The zero-order chi connectivity index (χ0) is 14.5. The molecule has 0 bridgehead atoms. The van der Waals surface area contributed by atoms with Crippen molar-refractivity contribution in [1.29, 1.82) is 0 Å². The van der Waals surface area contributed by atoms with Crippen LogP contribution in [0.1, 0.15) is 59.3 Å². The van der Waals surface area contributed by atoms with E-state index in [0.29, 0.717) is 12.6 Å². The number of carboxylic acids is 1. The van der Waals surface area contributed by atoms with Crippen molar-refractivity contribution in [3.05, 3.63) is 0 Å². The van der Waals surface area contributed by atoms with Crippen molar-refractivity contribution >= 4 is 5.97 Å². The summed E-state index contributed by atoms with van der Waals surface area (Å²) in [5.41, 5.74) is -0.866. The number of carbonyl (C=O) groups is 1. The second-order valence-electron chi connectivity index (χ2n) is 6.50. The molecule has 0 aromatic rings. The SMILES string of the molecule is CC(C)NC(C)(CN(C)C1CCCCCC1)C(=O)O. The van der Waals surface area contributed by atoms with E-state index in [1.165, 1.54) is 38.5 Å². The molecular weight excluding hydrogens is 240 g/mol. The lowest BCUT2D eigenvalue weighted by Crippen LogP contribution is -2.59. The minimum atomic E-state index is -0.866. The van der Waals surface area contributed by atoms with Crippen molar-refractivity contribution in [2.75, 3.05) is 13.6 Å². The lowest BCUT2D eigenvalue weighted by atomic mass is 9.98. The fraction of sp³-hybridized carbons (Fsp3) is 0.933. The number of carboxylic acid groups (broad SMARTS) is 1. The fourth-order valence-electron chi connectivity index (χ4n) is 3.14. The lowest BCUT2D eigenvalue weighted by Gasteiger charge is -2.36. The number of aliphatic carboxylic acids is 1. The van der Waals surface area contributed by atoms with Gasteiger partial charge in [-0.1, -0.05) is 25.7 Å². The first-order chi connectivity index (χ1) is 8.85. The number of hydrogen-bond donors (Lipinski definition) is 2. The summed E-state index contributed by atoms with van der Waals surface area (Å²) < 4.78 is 0. The molecule has 1 aliphatic carbocycles. The Morgan fingerprint density at radius 3 is 2.26 bits per heavy atom. The van der Waals surface area contributed by atoms with E-state index in [1.807, 2.05) is 13.8 Å². The topological polar surface area (TPSA) is 52.6 Å². The molecule has 0 aliphatic heterocycles. The predicted molar refractivity (Wildman–Crippen MR) is 78.4 cm³/mol. The highest BCUT2D eigenvalue weighted by Gasteiger charge is 2.36. The van der Waals surface area contributed by atoms with Crippen molar-refractivity contribution in [3.63, 3.8) is 0 Å². The van der Waals surface area contributed by atoms with Gasteiger partial charge in [-0.05, 0) is 40.7 Å². The molecule has 0 saturated heterocycles. The minimum Gasteiger partial charge on any atom is -0.480 e. The Balaban J connectivity index is 2.64. The summed E-state index contributed by atoms with van der Waals surface area (Å²) in [5.74, 6) is -0.762. The number of hydrogen-bond acceptors (Lipinski definition) is 3. The quantitative estimate of drug-likeness (QED) is 0.728. The van der Waals surface area contributed by atoms with Gasteiger partial charge in [0.1, 0.15) is 5.54 Å². The van der Waals surface area contributed by atoms with E-state index in [9.17, 15) is 9.90 Å². The van der Waals surface area contributed by atoms with Gasteiger partial charge in [-0.3, -0.25) is 10.1 Å². The van der Waals surface area contributed by atoms with Crippen molar-refractivity contribution in [2.45, 2.75) is 76.9 Å². The molecule has 2 N–H and O–H groups in total. The van der Waals surface area contributed by atoms with Gasteiger partial charge in [0.2, 0.25) is 0 Å². The molecule has 1 aliphatic rings. The number of nitrogens with zero attached hydrogens (tertiary/aromatic N) is 1. The number of rotatable bonds is 6. The normalized spacial score (nSPS) is 21.4. The average molecular weight is 270 g/mol. The molecule has 19 heavy (non-hydrogen) atoms. The van der Waals surface area contributed by atoms with Gasteiger partial charge in [0.05, 0.1) is 0 Å². The van der Waals surface area contributed by atoms with Gasteiger partial charge >= 0.3 is 5.97 Å². The van der Waals surface area contributed by atoms with Crippen LogP contribution in [0.4, 0.5) is 0 Å². The van der Waals surface area contributed by atoms with Crippen LogP contribution in [0, 0.1) is 0 Å². The molecule has 0 radical (unpaired) electrons. The van der Waals surface area contributed by atoms with E-state index in [0.717, 1.165) is 0 Å². The number of nitrogens with one attached hydrogen (secondary N) is 1. The number of likely N-dealkylation sites (N-methyl/N-ethyl adjacent to an activating group) is 1. The molecule has 1 fully saturated rings. The van der Waals surface area contributed by atoms with Crippen LogP contribution in [-0.4, -0.2) is 47.2 Å². The van der Waals surface area contributed by atoms with Crippen LogP contribution < -0.4 is 5.32 Å². The predicted octanol–water partition coefficient (Wildman–Crippen LogP) is 2.48. The third-order valence-corrected chi connectivity index (χ3v) is 4.09. The van der Waals surface area contributed by atoms with Crippen LogP contribution in [0.5, 0.6) is 0 Å².